The number of hydrogen-bond donors (Lipinski definition) is 1. The lowest BCUT2D eigenvalue weighted by Gasteiger charge is -2.37. The van der Waals surface area contributed by atoms with E-state index in [-0.39, 0.29) is 24.5 Å². The van der Waals surface area contributed by atoms with Crippen LogP contribution in [0.4, 0.5) is 4.79 Å². The quantitative estimate of drug-likeness (QED) is 0.666. The Morgan fingerprint density at radius 1 is 1.18 bits per heavy atom. The maximum atomic E-state index is 11.6. The molecule has 0 aromatic carbocycles. The molecule has 0 aromatic rings. The van der Waals surface area contributed by atoms with Crippen molar-refractivity contribution in [3.05, 3.63) is 0 Å². The van der Waals surface area contributed by atoms with Crippen LogP contribution in [0.15, 0.2) is 0 Å². The zero-order valence-corrected chi connectivity index (χ0v) is 9.61. The Balaban J connectivity index is 1.64. The maximum Gasteiger partial charge on any atom is 0.324 e. The van der Waals surface area contributed by atoms with Crippen LogP contribution in [0.2, 0.25) is 0 Å². The number of carbonyl (C=O) groups excluding carboxylic acids is 2. The average molecular weight is 240 g/mol. The zero-order valence-electron chi connectivity index (χ0n) is 9.61. The lowest BCUT2D eigenvalue weighted by Crippen LogP contribution is -2.46. The van der Waals surface area contributed by atoms with Crippen LogP contribution >= 0.6 is 0 Å². The first-order valence-corrected chi connectivity index (χ1v) is 6.08. The van der Waals surface area contributed by atoms with E-state index in [4.69, 9.17) is 9.47 Å². The van der Waals surface area contributed by atoms with Crippen molar-refractivity contribution in [3.63, 3.8) is 0 Å². The van der Waals surface area contributed by atoms with Gasteiger partial charge in [-0.2, -0.15) is 0 Å². The van der Waals surface area contributed by atoms with E-state index in [0.29, 0.717) is 13.2 Å². The third-order valence-corrected chi connectivity index (χ3v) is 3.77. The number of ether oxygens (including phenoxy) is 2. The number of amides is 3. The lowest BCUT2D eigenvalue weighted by molar-refractivity contribution is -0.183. The molecule has 3 amide bonds. The van der Waals surface area contributed by atoms with Crippen molar-refractivity contribution in [2.24, 2.45) is 0 Å². The SMILES string of the molecule is O=C1CNC(=O)N1C1CCC2(CC1)OCCO2. The number of nitrogens with zero attached hydrogens (tertiary/aromatic N) is 1. The number of carbonyl (C=O) groups is 2. The first kappa shape index (κ1) is 11.0. The summed E-state index contributed by atoms with van der Waals surface area (Å²) in [6.45, 7) is 1.43. The maximum absolute atomic E-state index is 11.6. The molecule has 0 atom stereocenters. The molecule has 2 aliphatic heterocycles. The Morgan fingerprint density at radius 3 is 2.35 bits per heavy atom. The molecule has 94 valence electrons. The summed E-state index contributed by atoms with van der Waals surface area (Å²) in [4.78, 5) is 24.5. The van der Waals surface area contributed by atoms with Crippen molar-refractivity contribution in [2.75, 3.05) is 19.8 Å². The second kappa shape index (κ2) is 3.96. The Bertz CT molecular complexity index is 325. The molecule has 0 unspecified atom stereocenters. The van der Waals surface area contributed by atoms with E-state index in [0.717, 1.165) is 25.7 Å². The molecule has 1 spiro atoms. The minimum absolute atomic E-state index is 0.00317. The van der Waals surface area contributed by atoms with Crippen LogP contribution in [0.25, 0.3) is 0 Å². The summed E-state index contributed by atoms with van der Waals surface area (Å²) < 4.78 is 11.2. The topological polar surface area (TPSA) is 67.9 Å². The Labute approximate surface area is 99.2 Å². The fraction of sp³-hybridized carbons (Fsp3) is 0.818. The van der Waals surface area contributed by atoms with Crippen LogP contribution in [0.1, 0.15) is 25.7 Å². The van der Waals surface area contributed by atoms with Crippen molar-refractivity contribution in [1.82, 2.24) is 10.2 Å². The van der Waals surface area contributed by atoms with Gasteiger partial charge in [0.15, 0.2) is 5.79 Å². The predicted molar refractivity (Wildman–Crippen MR) is 57.1 cm³/mol. The first-order chi connectivity index (χ1) is 8.20. The summed E-state index contributed by atoms with van der Waals surface area (Å²) in [5, 5.41) is 2.55. The van der Waals surface area contributed by atoms with Crippen LogP contribution < -0.4 is 5.32 Å². The van der Waals surface area contributed by atoms with Crippen LogP contribution in [0.5, 0.6) is 0 Å². The third kappa shape index (κ3) is 1.81. The van der Waals surface area contributed by atoms with Gasteiger partial charge >= 0.3 is 6.03 Å². The fourth-order valence-electron chi connectivity index (χ4n) is 2.89. The highest BCUT2D eigenvalue weighted by Gasteiger charge is 2.44. The van der Waals surface area contributed by atoms with E-state index in [2.05, 4.69) is 5.32 Å². The molecule has 0 aromatic heterocycles. The molecule has 17 heavy (non-hydrogen) atoms. The Morgan fingerprint density at radius 2 is 1.82 bits per heavy atom. The van der Waals surface area contributed by atoms with Gasteiger partial charge in [0, 0.05) is 18.9 Å². The summed E-state index contributed by atoms with van der Waals surface area (Å²) in [6, 6.07) is -0.257. The van der Waals surface area contributed by atoms with Gasteiger partial charge in [0.25, 0.3) is 0 Å². The second-order valence-corrected chi connectivity index (χ2v) is 4.76. The highest BCUT2D eigenvalue weighted by Crippen LogP contribution is 2.37. The second-order valence-electron chi connectivity index (χ2n) is 4.76. The van der Waals surface area contributed by atoms with Gasteiger partial charge in [-0.1, -0.05) is 0 Å². The van der Waals surface area contributed by atoms with Crippen molar-refractivity contribution in [2.45, 2.75) is 37.5 Å². The molecular weight excluding hydrogens is 224 g/mol. The standard InChI is InChI=1S/C11H16N2O4/c14-9-7-12-10(15)13(9)8-1-3-11(4-2-8)16-5-6-17-11/h8H,1-7H2,(H,12,15). The molecule has 3 aliphatic rings. The molecule has 0 bridgehead atoms. The summed E-state index contributed by atoms with van der Waals surface area (Å²) in [7, 11) is 0. The highest BCUT2D eigenvalue weighted by molar-refractivity contribution is 6.02. The van der Waals surface area contributed by atoms with E-state index in [1.807, 2.05) is 0 Å². The summed E-state index contributed by atoms with van der Waals surface area (Å²) in [5.74, 6) is -0.556. The molecule has 1 saturated carbocycles. The van der Waals surface area contributed by atoms with Crippen LogP contribution in [-0.2, 0) is 14.3 Å². The molecule has 1 aliphatic carbocycles. The van der Waals surface area contributed by atoms with Crippen LogP contribution in [0.3, 0.4) is 0 Å². The summed E-state index contributed by atoms with van der Waals surface area (Å²) >= 11 is 0. The molecule has 0 radical (unpaired) electrons. The fourth-order valence-corrected chi connectivity index (χ4v) is 2.89. The van der Waals surface area contributed by atoms with E-state index >= 15 is 0 Å². The van der Waals surface area contributed by atoms with Gasteiger partial charge in [0.2, 0.25) is 5.91 Å². The largest absolute Gasteiger partial charge is 0.348 e. The summed E-state index contributed by atoms with van der Waals surface area (Å²) in [5.41, 5.74) is 0. The summed E-state index contributed by atoms with van der Waals surface area (Å²) in [6.07, 6.45) is 3.04. The Kier molecular flexibility index (Phi) is 2.56. The minimum atomic E-state index is -0.435. The molecular formula is C11H16N2O4. The number of hydrogen-bond acceptors (Lipinski definition) is 4. The van der Waals surface area contributed by atoms with Gasteiger partial charge in [0.05, 0.1) is 19.8 Å². The van der Waals surface area contributed by atoms with Gasteiger partial charge in [-0.15, -0.1) is 0 Å². The Hall–Kier alpha value is -1.14. The van der Waals surface area contributed by atoms with Crippen molar-refractivity contribution in [3.8, 4) is 0 Å². The molecule has 6 nitrogen and oxygen atoms in total. The molecule has 2 heterocycles. The minimum Gasteiger partial charge on any atom is -0.348 e. The third-order valence-electron chi connectivity index (χ3n) is 3.77. The van der Waals surface area contributed by atoms with Gasteiger partial charge in [-0.05, 0) is 12.8 Å². The normalized spacial score (nSPS) is 29.1. The smallest absolute Gasteiger partial charge is 0.324 e. The number of imide groups is 1. The van der Waals surface area contributed by atoms with Crippen molar-refractivity contribution >= 4 is 11.9 Å². The molecule has 1 N–H and O–H groups in total. The molecule has 2 saturated heterocycles. The van der Waals surface area contributed by atoms with Gasteiger partial charge in [0.1, 0.15) is 0 Å². The van der Waals surface area contributed by atoms with E-state index < -0.39 is 5.79 Å². The number of nitrogens with one attached hydrogen (secondary N) is 1. The zero-order chi connectivity index (χ0) is 11.9. The monoisotopic (exact) mass is 240 g/mol. The average Bonchev–Trinajstić information content (AvgIpc) is 2.90. The van der Waals surface area contributed by atoms with Crippen molar-refractivity contribution in [1.29, 1.82) is 0 Å². The van der Waals surface area contributed by atoms with Crippen molar-refractivity contribution < 1.29 is 19.1 Å². The number of urea groups is 1. The van der Waals surface area contributed by atoms with Gasteiger partial charge in [-0.3, -0.25) is 9.69 Å². The highest BCUT2D eigenvalue weighted by atomic mass is 16.7. The van der Waals surface area contributed by atoms with Crippen LogP contribution in [0, 0.1) is 0 Å². The lowest BCUT2D eigenvalue weighted by atomic mass is 9.89. The number of rotatable bonds is 1. The first-order valence-electron chi connectivity index (χ1n) is 6.08. The predicted octanol–water partition coefficient (Wildman–Crippen LogP) is 0.224. The van der Waals surface area contributed by atoms with Gasteiger partial charge in [-0.25, -0.2) is 4.79 Å². The van der Waals surface area contributed by atoms with Crippen LogP contribution in [-0.4, -0.2) is 48.4 Å². The molecule has 3 fully saturated rings. The molecule has 6 heteroatoms. The molecule has 3 rings (SSSR count). The van der Waals surface area contributed by atoms with E-state index in [9.17, 15) is 9.59 Å². The van der Waals surface area contributed by atoms with E-state index in [1.165, 1.54) is 4.90 Å². The van der Waals surface area contributed by atoms with Gasteiger partial charge < -0.3 is 14.8 Å². The van der Waals surface area contributed by atoms with E-state index in [1.54, 1.807) is 0 Å².